The molecule has 0 saturated carbocycles. The zero-order valence-corrected chi connectivity index (χ0v) is 10.8. The molecule has 98 valence electrons. The van der Waals surface area contributed by atoms with E-state index in [-0.39, 0.29) is 12.5 Å². The Morgan fingerprint density at radius 2 is 2.17 bits per heavy atom. The number of rotatable bonds is 5. The van der Waals surface area contributed by atoms with E-state index in [2.05, 4.69) is 10.3 Å². The molecule has 1 heterocycles. The van der Waals surface area contributed by atoms with Crippen LogP contribution in [-0.4, -0.2) is 44.1 Å². The predicted octanol–water partition coefficient (Wildman–Crippen LogP) is 0.440. The molecule has 0 aliphatic rings. The zero-order chi connectivity index (χ0) is 13.5. The smallest absolute Gasteiger partial charge is 0.339 e. The van der Waals surface area contributed by atoms with Gasteiger partial charge in [0.1, 0.15) is 5.82 Å². The second-order valence-corrected chi connectivity index (χ2v) is 3.65. The molecule has 0 unspecified atom stereocenters. The molecule has 0 saturated heterocycles. The van der Waals surface area contributed by atoms with Gasteiger partial charge >= 0.3 is 5.97 Å². The lowest BCUT2D eigenvalue weighted by Crippen LogP contribution is -2.33. The third kappa shape index (κ3) is 3.73. The molecule has 18 heavy (non-hydrogen) atoms. The number of amides is 1. The number of carbonyl (C=O) groups is 2. The van der Waals surface area contributed by atoms with Crippen LogP contribution in [0.25, 0.3) is 0 Å². The van der Waals surface area contributed by atoms with E-state index in [4.69, 9.17) is 4.74 Å². The van der Waals surface area contributed by atoms with Crippen molar-refractivity contribution in [3.05, 3.63) is 23.9 Å². The molecule has 1 amide bonds. The molecule has 0 aromatic carbocycles. The van der Waals surface area contributed by atoms with Crippen LogP contribution in [0.2, 0.25) is 0 Å². The van der Waals surface area contributed by atoms with E-state index >= 15 is 0 Å². The molecule has 0 fully saturated rings. The van der Waals surface area contributed by atoms with E-state index < -0.39 is 5.97 Å². The zero-order valence-electron chi connectivity index (χ0n) is 10.8. The summed E-state index contributed by atoms with van der Waals surface area (Å²) >= 11 is 0. The first-order valence-corrected chi connectivity index (χ1v) is 5.63. The van der Waals surface area contributed by atoms with Crippen molar-refractivity contribution in [2.24, 2.45) is 0 Å². The van der Waals surface area contributed by atoms with Crippen molar-refractivity contribution in [3.63, 3.8) is 0 Å². The molecule has 0 aliphatic carbocycles. The molecule has 0 radical (unpaired) electrons. The minimum atomic E-state index is -0.398. The Kier molecular flexibility index (Phi) is 5.10. The maximum Gasteiger partial charge on any atom is 0.339 e. The standard InChI is InChI=1S/C12H17N3O3/c1-4-18-12(17)9-5-6-10(14-7-9)15(3)8-11(16)13-2/h5-7H,4,8H2,1-3H3,(H,13,16). The van der Waals surface area contributed by atoms with Crippen LogP contribution in [0, 0.1) is 0 Å². The van der Waals surface area contributed by atoms with E-state index in [9.17, 15) is 9.59 Å². The number of pyridine rings is 1. The summed E-state index contributed by atoms with van der Waals surface area (Å²) in [6, 6.07) is 3.30. The highest BCUT2D eigenvalue weighted by Gasteiger charge is 2.10. The second kappa shape index (κ2) is 6.58. The molecule has 0 aliphatic heterocycles. The molecular weight excluding hydrogens is 234 g/mol. The van der Waals surface area contributed by atoms with E-state index in [1.54, 1.807) is 38.1 Å². The molecule has 6 heteroatoms. The number of hydrogen-bond acceptors (Lipinski definition) is 5. The van der Waals surface area contributed by atoms with Crippen LogP contribution in [0.15, 0.2) is 18.3 Å². The Labute approximate surface area is 106 Å². The first-order valence-electron chi connectivity index (χ1n) is 5.63. The molecule has 0 atom stereocenters. The fraction of sp³-hybridized carbons (Fsp3) is 0.417. The van der Waals surface area contributed by atoms with Crippen LogP contribution in [0.3, 0.4) is 0 Å². The summed E-state index contributed by atoms with van der Waals surface area (Å²) in [5, 5.41) is 2.53. The SMILES string of the molecule is CCOC(=O)c1ccc(N(C)CC(=O)NC)nc1. The lowest BCUT2D eigenvalue weighted by Gasteiger charge is -2.16. The predicted molar refractivity (Wildman–Crippen MR) is 67.5 cm³/mol. The van der Waals surface area contributed by atoms with Gasteiger partial charge in [0, 0.05) is 20.3 Å². The quantitative estimate of drug-likeness (QED) is 0.769. The average molecular weight is 251 g/mol. The molecule has 6 nitrogen and oxygen atoms in total. The number of hydrogen-bond donors (Lipinski definition) is 1. The van der Waals surface area contributed by atoms with Gasteiger partial charge in [0.15, 0.2) is 0 Å². The number of likely N-dealkylation sites (N-methyl/N-ethyl adjacent to an activating group) is 2. The van der Waals surface area contributed by atoms with Crippen LogP contribution >= 0.6 is 0 Å². The van der Waals surface area contributed by atoms with Crippen LogP contribution in [0.5, 0.6) is 0 Å². The van der Waals surface area contributed by atoms with Gasteiger partial charge in [-0.3, -0.25) is 4.79 Å². The van der Waals surface area contributed by atoms with Crippen molar-refractivity contribution in [1.29, 1.82) is 0 Å². The lowest BCUT2D eigenvalue weighted by molar-refractivity contribution is -0.119. The molecular formula is C12H17N3O3. The van der Waals surface area contributed by atoms with E-state index in [1.807, 2.05) is 0 Å². The summed E-state index contributed by atoms with van der Waals surface area (Å²) < 4.78 is 4.85. The van der Waals surface area contributed by atoms with E-state index in [0.29, 0.717) is 18.0 Å². The Morgan fingerprint density at radius 3 is 2.67 bits per heavy atom. The molecule has 1 rings (SSSR count). The van der Waals surface area contributed by atoms with Gasteiger partial charge in [-0.05, 0) is 19.1 Å². The van der Waals surface area contributed by atoms with Crippen LogP contribution < -0.4 is 10.2 Å². The van der Waals surface area contributed by atoms with Gasteiger partial charge in [-0.1, -0.05) is 0 Å². The summed E-state index contributed by atoms with van der Waals surface area (Å²) in [6.45, 7) is 2.29. The lowest BCUT2D eigenvalue weighted by atomic mass is 10.3. The van der Waals surface area contributed by atoms with Gasteiger partial charge < -0.3 is 15.0 Å². The number of anilines is 1. The first kappa shape index (κ1) is 14.0. The fourth-order valence-corrected chi connectivity index (χ4v) is 1.32. The molecule has 1 aromatic heterocycles. The fourth-order valence-electron chi connectivity index (χ4n) is 1.32. The highest BCUT2D eigenvalue weighted by atomic mass is 16.5. The maximum absolute atomic E-state index is 11.4. The number of esters is 1. The maximum atomic E-state index is 11.4. The highest BCUT2D eigenvalue weighted by molar-refractivity contribution is 5.89. The number of nitrogens with zero attached hydrogens (tertiary/aromatic N) is 2. The van der Waals surface area contributed by atoms with Crippen LogP contribution in [0.1, 0.15) is 17.3 Å². The van der Waals surface area contributed by atoms with Gasteiger partial charge in [-0.15, -0.1) is 0 Å². The van der Waals surface area contributed by atoms with Gasteiger partial charge in [0.25, 0.3) is 0 Å². The van der Waals surface area contributed by atoms with Crippen molar-refractivity contribution in [1.82, 2.24) is 10.3 Å². The summed E-state index contributed by atoms with van der Waals surface area (Å²) in [6.07, 6.45) is 1.44. The van der Waals surface area contributed by atoms with Gasteiger partial charge in [-0.25, -0.2) is 9.78 Å². The largest absolute Gasteiger partial charge is 0.462 e. The van der Waals surface area contributed by atoms with Crippen molar-refractivity contribution in [3.8, 4) is 0 Å². The Hall–Kier alpha value is -2.11. The van der Waals surface area contributed by atoms with E-state index in [1.165, 1.54) is 6.20 Å². The summed E-state index contributed by atoms with van der Waals surface area (Å²) in [7, 11) is 3.33. The Morgan fingerprint density at radius 1 is 1.44 bits per heavy atom. The normalized spacial score (nSPS) is 9.72. The Balaban J connectivity index is 2.70. The number of carbonyl (C=O) groups excluding carboxylic acids is 2. The highest BCUT2D eigenvalue weighted by Crippen LogP contribution is 2.10. The number of nitrogens with one attached hydrogen (secondary N) is 1. The third-order valence-electron chi connectivity index (χ3n) is 2.31. The van der Waals surface area contributed by atoms with Gasteiger partial charge in [-0.2, -0.15) is 0 Å². The molecule has 0 bridgehead atoms. The number of ether oxygens (including phenoxy) is 1. The van der Waals surface area contributed by atoms with Gasteiger partial charge in [0.2, 0.25) is 5.91 Å². The van der Waals surface area contributed by atoms with Crippen LogP contribution in [-0.2, 0) is 9.53 Å². The Bertz CT molecular complexity index is 417. The topological polar surface area (TPSA) is 71.5 Å². The minimum Gasteiger partial charge on any atom is -0.462 e. The van der Waals surface area contributed by atoms with Gasteiger partial charge in [0.05, 0.1) is 18.7 Å². The third-order valence-corrected chi connectivity index (χ3v) is 2.31. The first-order chi connectivity index (χ1) is 8.58. The van der Waals surface area contributed by atoms with Crippen molar-refractivity contribution in [2.75, 3.05) is 32.1 Å². The van der Waals surface area contributed by atoms with Crippen molar-refractivity contribution in [2.45, 2.75) is 6.92 Å². The van der Waals surface area contributed by atoms with Crippen LogP contribution in [0.4, 0.5) is 5.82 Å². The molecule has 1 N–H and O–H groups in total. The van der Waals surface area contributed by atoms with Crippen molar-refractivity contribution < 1.29 is 14.3 Å². The monoisotopic (exact) mass is 251 g/mol. The summed E-state index contributed by atoms with van der Waals surface area (Å²) in [5.41, 5.74) is 0.397. The second-order valence-electron chi connectivity index (χ2n) is 3.65. The molecule has 1 aromatic rings. The molecule has 0 spiro atoms. The summed E-state index contributed by atoms with van der Waals surface area (Å²) in [5.74, 6) is 0.117. The minimum absolute atomic E-state index is 0.103. The van der Waals surface area contributed by atoms with E-state index in [0.717, 1.165) is 0 Å². The number of aromatic nitrogens is 1. The summed E-state index contributed by atoms with van der Waals surface area (Å²) in [4.78, 5) is 28.4. The average Bonchev–Trinajstić information content (AvgIpc) is 2.39. The van der Waals surface area contributed by atoms with Crippen molar-refractivity contribution >= 4 is 17.7 Å².